The maximum Gasteiger partial charge on any atom is 0.217 e. The summed E-state index contributed by atoms with van der Waals surface area (Å²) in [5, 5.41) is 3.37. The molecule has 23 heavy (non-hydrogen) atoms. The van der Waals surface area contributed by atoms with Gasteiger partial charge in [0.2, 0.25) is 10.0 Å². The molecule has 0 radical (unpaired) electrons. The van der Waals surface area contributed by atoms with Gasteiger partial charge in [0.15, 0.2) is 5.65 Å². The molecule has 0 bridgehead atoms. The number of rotatable bonds is 5. The van der Waals surface area contributed by atoms with Crippen LogP contribution < -0.4 is 5.32 Å². The summed E-state index contributed by atoms with van der Waals surface area (Å²) in [6, 6.07) is 0.199. The summed E-state index contributed by atoms with van der Waals surface area (Å²) < 4.78 is 28.4. The van der Waals surface area contributed by atoms with Gasteiger partial charge in [0.05, 0.1) is 23.3 Å². The molecular formula is C15H21N5O2S. The predicted molar refractivity (Wildman–Crippen MR) is 86.4 cm³/mol. The van der Waals surface area contributed by atoms with Crippen LogP contribution in [0.4, 0.5) is 0 Å². The monoisotopic (exact) mass is 335 g/mol. The zero-order chi connectivity index (χ0) is 15.9. The van der Waals surface area contributed by atoms with Gasteiger partial charge in [-0.05, 0) is 25.7 Å². The molecular weight excluding hydrogens is 314 g/mol. The fraction of sp³-hybridized carbons (Fsp3) is 0.600. The molecule has 124 valence electrons. The van der Waals surface area contributed by atoms with Crippen LogP contribution in [0.25, 0.3) is 5.65 Å². The number of fused-ring (bicyclic) bond motifs is 1. The molecule has 1 N–H and O–H groups in total. The Bertz CT molecular complexity index is 799. The molecule has 3 heterocycles. The molecule has 2 aromatic rings. The maximum absolute atomic E-state index is 12.4. The Kier molecular flexibility index (Phi) is 3.82. The molecule has 0 aromatic carbocycles. The van der Waals surface area contributed by atoms with E-state index in [-0.39, 0.29) is 11.3 Å². The molecule has 2 fully saturated rings. The van der Waals surface area contributed by atoms with Gasteiger partial charge in [-0.25, -0.2) is 17.7 Å². The lowest BCUT2D eigenvalue weighted by molar-refractivity contribution is 0.281. The van der Waals surface area contributed by atoms with E-state index in [1.165, 1.54) is 0 Å². The van der Waals surface area contributed by atoms with Gasteiger partial charge in [0.25, 0.3) is 0 Å². The van der Waals surface area contributed by atoms with Crippen LogP contribution in [-0.4, -0.2) is 51.5 Å². The van der Waals surface area contributed by atoms with Crippen molar-refractivity contribution in [3.05, 3.63) is 30.5 Å². The number of nitrogens with zero attached hydrogens (tertiary/aromatic N) is 4. The van der Waals surface area contributed by atoms with Gasteiger partial charge in [0.1, 0.15) is 0 Å². The third-order valence-electron chi connectivity index (χ3n) is 4.66. The van der Waals surface area contributed by atoms with Crippen LogP contribution >= 0.6 is 0 Å². The molecule has 1 saturated carbocycles. The number of piperidine rings is 1. The van der Waals surface area contributed by atoms with Crippen molar-refractivity contribution in [2.75, 3.05) is 13.1 Å². The highest BCUT2D eigenvalue weighted by molar-refractivity contribution is 7.90. The van der Waals surface area contributed by atoms with Crippen molar-refractivity contribution in [2.24, 2.45) is 0 Å². The van der Waals surface area contributed by atoms with Crippen molar-refractivity contribution in [1.82, 2.24) is 24.0 Å². The van der Waals surface area contributed by atoms with Crippen molar-refractivity contribution in [1.29, 1.82) is 0 Å². The molecule has 1 atom stereocenters. The van der Waals surface area contributed by atoms with Crippen molar-refractivity contribution in [3.63, 3.8) is 0 Å². The Morgan fingerprint density at radius 2 is 2.13 bits per heavy atom. The van der Waals surface area contributed by atoms with E-state index in [0.29, 0.717) is 19.6 Å². The number of imidazole rings is 1. The molecule has 4 rings (SSSR count). The highest BCUT2D eigenvalue weighted by Crippen LogP contribution is 2.32. The molecule has 2 aromatic heterocycles. The minimum Gasteiger partial charge on any atom is -0.307 e. The molecule has 7 nitrogen and oxygen atoms in total. The standard InChI is InChI=1S/C15H21N5O2S/c21-23(22,14-3-4-14)19-6-1-2-12(11-19)17-8-13-9-18-15-10-16-5-7-20(13)15/h5,7,9-10,12,14,17H,1-4,6,8,11H2/t12-/m1/s1. The van der Waals surface area contributed by atoms with Gasteiger partial charge < -0.3 is 5.32 Å². The lowest BCUT2D eigenvalue weighted by Gasteiger charge is -2.32. The third kappa shape index (κ3) is 2.98. The van der Waals surface area contributed by atoms with Crippen LogP contribution in [-0.2, 0) is 16.6 Å². The second kappa shape index (κ2) is 5.85. The van der Waals surface area contributed by atoms with Gasteiger partial charge in [-0.2, -0.15) is 0 Å². The number of nitrogens with one attached hydrogen (secondary N) is 1. The second-order valence-electron chi connectivity index (χ2n) is 6.38. The van der Waals surface area contributed by atoms with Gasteiger partial charge >= 0.3 is 0 Å². The first-order valence-corrected chi connectivity index (χ1v) is 9.63. The smallest absolute Gasteiger partial charge is 0.217 e. The summed E-state index contributed by atoms with van der Waals surface area (Å²) in [4.78, 5) is 8.38. The first kappa shape index (κ1) is 15.0. The van der Waals surface area contributed by atoms with E-state index in [0.717, 1.165) is 37.0 Å². The lowest BCUT2D eigenvalue weighted by atomic mass is 10.1. The molecule has 1 aliphatic heterocycles. The van der Waals surface area contributed by atoms with Crippen molar-refractivity contribution in [2.45, 2.75) is 43.5 Å². The van der Waals surface area contributed by atoms with E-state index in [1.807, 2.05) is 16.8 Å². The van der Waals surface area contributed by atoms with E-state index < -0.39 is 10.0 Å². The number of aromatic nitrogens is 3. The summed E-state index contributed by atoms with van der Waals surface area (Å²) in [5.41, 5.74) is 1.88. The molecule has 1 aliphatic carbocycles. The van der Waals surface area contributed by atoms with Crippen LogP contribution in [0, 0.1) is 0 Å². The Hall–Kier alpha value is -1.51. The van der Waals surface area contributed by atoms with E-state index in [1.54, 1.807) is 16.7 Å². The average molecular weight is 335 g/mol. The minimum atomic E-state index is -3.06. The Balaban J connectivity index is 1.41. The number of hydrogen-bond acceptors (Lipinski definition) is 5. The van der Waals surface area contributed by atoms with Gasteiger partial charge in [-0.1, -0.05) is 0 Å². The van der Waals surface area contributed by atoms with E-state index in [9.17, 15) is 8.42 Å². The highest BCUT2D eigenvalue weighted by Gasteiger charge is 2.41. The number of hydrogen-bond donors (Lipinski definition) is 1. The van der Waals surface area contributed by atoms with Crippen LogP contribution in [0.3, 0.4) is 0 Å². The summed E-state index contributed by atoms with van der Waals surface area (Å²) in [6.45, 7) is 1.92. The van der Waals surface area contributed by atoms with E-state index in [4.69, 9.17) is 0 Å². The Morgan fingerprint density at radius 3 is 2.96 bits per heavy atom. The fourth-order valence-corrected chi connectivity index (χ4v) is 5.12. The third-order valence-corrected chi connectivity index (χ3v) is 7.02. The lowest BCUT2D eigenvalue weighted by Crippen LogP contribution is -2.48. The minimum absolute atomic E-state index is 0.118. The van der Waals surface area contributed by atoms with Gasteiger partial charge in [-0.3, -0.25) is 9.38 Å². The molecule has 2 aliphatic rings. The summed E-state index contributed by atoms with van der Waals surface area (Å²) in [7, 11) is -3.06. The molecule has 0 unspecified atom stereocenters. The SMILES string of the molecule is O=S(=O)(C1CC1)N1CCC[C@@H](NCc2cnc3cnccn23)C1. The van der Waals surface area contributed by atoms with Crippen LogP contribution in [0.5, 0.6) is 0 Å². The zero-order valence-corrected chi connectivity index (χ0v) is 13.7. The van der Waals surface area contributed by atoms with Crippen molar-refractivity contribution < 1.29 is 8.42 Å². The van der Waals surface area contributed by atoms with Crippen LogP contribution in [0.1, 0.15) is 31.4 Å². The van der Waals surface area contributed by atoms with Gasteiger partial charge in [0, 0.05) is 38.1 Å². The molecule has 1 saturated heterocycles. The summed E-state index contributed by atoms with van der Waals surface area (Å²) >= 11 is 0. The van der Waals surface area contributed by atoms with Gasteiger partial charge in [-0.15, -0.1) is 0 Å². The predicted octanol–water partition coefficient (Wildman–Crippen LogP) is 0.775. The van der Waals surface area contributed by atoms with Crippen molar-refractivity contribution >= 4 is 15.7 Å². The normalized spacial score (nSPS) is 23.4. The van der Waals surface area contributed by atoms with E-state index >= 15 is 0 Å². The Morgan fingerprint density at radius 1 is 1.26 bits per heavy atom. The van der Waals surface area contributed by atoms with Crippen molar-refractivity contribution in [3.8, 4) is 0 Å². The maximum atomic E-state index is 12.4. The van der Waals surface area contributed by atoms with Crippen LogP contribution in [0.15, 0.2) is 24.8 Å². The molecule has 0 amide bonds. The first-order valence-electron chi connectivity index (χ1n) is 8.13. The quantitative estimate of drug-likeness (QED) is 0.873. The summed E-state index contributed by atoms with van der Waals surface area (Å²) in [6.07, 6.45) is 10.8. The van der Waals surface area contributed by atoms with E-state index in [2.05, 4.69) is 15.3 Å². The molecule has 0 spiro atoms. The Labute approximate surface area is 135 Å². The average Bonchev–Trinajstić information content (AvgIpc) is 3.35. The largest absolute Gasteiger partial charge is 0.307 e. The number of sulfonamides is 1. The second-order valence-corrected chi connectivity index (χ2v) is 8.59. The van der Waals surface area contributed by atoms with Crippen LogP contribution in [0.2, 0.25) is 0 Å². The zero-order valence-electron chi connectivity index (χ0n) is 12.9. The first-order chi connectivity index (χ1) is 11.1. The molecule has 8 heteroatoms. The summed E-state index contributed by atoms with van der Waals surface area (Å²) in [5.74, 6) is 0. The highest BCUT2D eigenvalue weighted by atomic mass is 32.2. The topological polar surface area (TPSA) is 79.6 Å². The fourth-order valence-electron chi connectivity index (χ4n) is 3.19.